The zero-order valence-electron chi connectivity index (χ0n) is 13.3. The molecule has 0 unspecified atom stereocenters. The first-order valence-electron chi connectivity index (χ1n) is 7.90. The highest BCUT2D eigenvalue weighted by Crippen LogP contribution is 2.28. The number of methoxy groups -OCH3 is 1. The van der Waals surface area contributed by atoms with E-state index in [9.17, 15) is 8.42 Å². The van der Waals surface area contributed by atoms with Crippen LogP contribution in [-0.4, -0.2) is 75.2 Å². The molecule has 0 amide bonds. The van der Waals surface area contributed by atoms with Crippen LogP contribution in [0.1, 0.15) is 5.56 Å². The molecule has 2 aliphatic rings. The number of fused-ring (bicyclic) bond motifs is 1. The van der Waals surface area contributed by atoms with Crippen molar-refractivity contribution in [2.75, 3.05) is 44.9 Å². The van der Waals surface area contributed by atoms with Crippen molar-refractivity contribution in [3.8, 4) is 0 Å². The topological polar surface area (TPSA) is 49.9 Å². The number of hydrogen-bond acceptors (Lipinski definition) is 5. The molecule has 23 heavy (non-hydrogen) atoms. The monoisotopic (exact) mass is 358 g/mol. The van der Waals surface area contributed by atoms with E-state index in [2.05, 4.69) is 9.80 Å². The van der Waals surface area contributed by atoms with Gasteiger partial charge in [-0.05, 0) is 17.7 Å². The van der Waals surface area contributed by atoms with Crippen LogP contribution in [0.2, 0.25) is 5.02 Å². The van der Waals surface area contributed by atoms with Crippen LogP contribution in [0.5, 0.6) is 0 Å². The summed E-state index contributed by atoms with van der Waals surface area (Å²) in [5.74, 6) is 0.521. The fourth-order valence-corrected chi connectivity index (χ4v) is 5.77. The van der Waals surface area contributed by atoms with Gasteiger partial charge in [-0.15, -0.1) is 0 Å². The van der Waals surface area contributed by atoms with Crippen LogP contribution in [0.3, 0.4) is 0 Å². The Morgan fingerprint density at radius 1 is 1.13 bits per heavy atom. The summed E-state index contributed by atoms with van der Waals surface area (Å²) in [5.41, 5.74) is 1.17. The lowest BCUT2D eigenvalue weighted by molar-refractivity contribution is 0.0253. The number of hydrogen-bond donors (Lipinski definition) is 0. The molecule has 1 aromatic rings. The van der Waals surface area contributed by atoms with Crippen molar-refractivity contribution in [3.05, 3.63) is 34.9 Å². The third kappa shape index (κ3) is 4.06. The van der Waals surface area contributed by atoms with Crippen molar-refractivity contribution in [2.45, 2.75) is 18.6 Å². The molecule has 0 spiro atoms. The lowest BCUT2D eigenvalue weighted by Crippen LogP contribution is -2.59. The van der Waals surface area contributed by atoms with Gasteiger partial charge in [-0.1, -0.05) is 23.7 Å². The minimum Gasteiger partial charge on any atom is -0.383 e. The molecule has 2 atom stereocenters. The number of benzene rings is 1. The highest BCUT2D eigenvalue weighted by atomic mass is 35.5. The number of ether oxygens (including phenoxy) is 1. The first-order chi connectivity index (χ1) is 11.0. The molecule has 0 N–H and O–H groups in total. The minimum absolute atomic E-state index is 0.0706. The van der Waals surface area contributed by atoms with Crippen molar-refractivity contribution in [2.24, 2.45) is 0 Å². The molecule has 2 aliphatic heterocycles. The second kappa shape index (κ2) is 7.07. The van der Waals surface area contributed by atoms with E-state index in [1.165, 1.54) is 5.56 Å². The van der Waals surface area contributed by atoms with E-state index in [0.29, 0.717) is 6.61 Å². The lowest BCUT2D eigenvalue weighted by Gasteiger charge is -2.44. The molecular formula is C16H23ClN2O3S. The molecular weight excluding hydrogens is 336 g/mol. The van der Waals surface area contributed by atoms with Crippen LogP contribution in [-0.2, 0) is 21.1 Å². The lowest BCUT2D eigenvalue weighted by atomic mass is 10.0. The van der Waals surface area contributed by atoms with Crippen LogP contribution >= 0.6 is 11.6 Å². The Kier molecular flexibility index (Phi) is 5.28. The SMILES string of the molecule is COCCN1CCN(Cc2ccc(Cl)cc2)[C@H]2CS(=O)(=O)C[C@H]21. The Labute approximate surface area is 143 Å². The van der Waals surface area contributed by atoms with Gasteiger partial charge in [0.1, 0.15) is 0 Å². The van der Waals surface area contributed by atoms with E-state index in [0.717, 1.165) is 31.2 Å². The Hall–Kier alpha value is -0.660. The van der Waals surface area contributed by atoms with E-state index in [1.54, 1.807) is 7.11 Å². The van der Waals surface area contributed by atoms with Crippen LogP contribution < -0.4 is 0 Å². The molecule has 5 nitrogen and oxygen atoms in total. The summed E-state index contributed by atoms with van der Waals surface area (Å²) in [4.78, 5) is 4.58. The van der Waals surface area contributed by atoms with Gasteiger partial charge in [0.15, 0.2) is 9.84 Å². The number of nitrogens with zero attached hydrogens (tertiary/aromatic N) is 2. The number of piperazine rings is 1. The second-order valence-electron chi connectivity index (χ2n) is 6.34. The molecule has 7 heteroatoms. The Bertz CT molecular complexity index is 635. The first kappa shape index (κ1) is 17.2. The maximum atomic E-state index is 12.2. The van der Waals surface area contributed by atoms with Crippen molar-refractivity contribution in [1.29, 1.82) is 0 Å². The van der Waals surface area contributed by atoms with Gasteiger partial charge in [-0.2, -0.15) is 0 Å². The van der Waals surface area contributed by atoms with Gasteiger partial charge in [-0.25, -0.2) is 8.42 Å². The molecule has 2 saturated heterocycles. The number of halogens is 1. The molecule has 2 heterocycles. The third-order valence-corrected chi connectivity index (χ3v) is 6.74. The molecule has 0 saturated carbocycles. The standard InChI is InChI=1S/C16H23ClN2O3S/c1-22-9-8-18-6-7-19(10-13-2-4-14(17)5-3-13)16-12-23(20,21)11-15(16)18/h2-5,15-16H,6-12H2,1H3/t15-,16+/m1/s1. The normalized spacial score (nSPS) is 27.9. The fraction of sp³-hybridized carbons (Fsp3) is 0.625. The predicted octanol–water partition coefficient (Wildman–Crippen LogP) is 1.27. The summed E-state index contributed by atoms with van der Waals surface area (Å²) in [5, 5.41) is 0.722. The quantitative estimate of drug-likeness (QED) is 0.793. The van der Waals surface area contributed by atoms with Crippen LogP contribution in [0, 0.1) is 0 Å². The number of sulfone groups is 1. The van der Waals surface area contributed by atoms with Gasteiger partial charge in [0, 0.05) is 50.4 Å². The summed E-state index contributed by atoms with van der Waals surface area (Å²) in [6.45, 7) is 3.96. The van der Waals surface area contributed by atoms with Gasteiger partial charge >= 0.3 is 0 Å². The van der Waals surface area contributed by atoms with E-state index >= 15 is 0 Å². The van der Waals surface area contributed by atoms with Crippen LogP contribution in [0.15, 0.2) is 24.3 Å². The van der Waals surface area contributed by atoms with Gasteiger partial charge in [0.25, 0.3) is 0 Å². The van der Waals surface area contributed by atoms with Gasteiger partial charge in [0.2, 0.25) is 0 Å². The largest absolute Gasteiger partial charge is 0.383 e. The summed E-state index contributed by atoms with van der Waals surface area (Å²) in [6.07, 6.45) is 0. The molecule has 0 bridgehead atoms. The van der Waals surface area contributed by atoms with Crippen LogP contribution in [0.25, 0.3) is 0 Å². The van der Waals surface area contributed by atoms with Gasteiger partial charge in [-0.3, -0.25) is 9.80 Å². The molecule has 3 rings (SSSR count). The smallest absolute Gasteiger partial charge is 0.153 e. The Balaban J connectivity index is 1.74. The molecule has 0 aliphatic carbocycles. The van der Waals surface area contributed by atoms with Crippen molar-refractivity contribution < 1.29 is 13.2 Å². The van der Waals surface area contributed by atoms with E-state index < -0.39 is 9.84 Å². The molecule has 128 valence electrons. The summed E-state index contributed by atoms with van der Waals surface area (Å²) in [7, 11) is -1.28. The summed E-state index contributed by atoms with van der Waals surface area (Å²) < 4.78 is 29.5. The molecule has 2 fully saturated rings. The van der Waals surface area contributed by atoms with E-state index in [-0.39, 0.29) is 23.6 Å². The van der Waals surface area contributed by atoms with Gasteiger partial charge < -0.3 is 4.74 Å². The highest BCUT2D eigenvalue weighted by Gasteiger charge is 2.46. The maximum absolute atomic E-state index is 12.2. The van der Waals surface area contributed by atoms with E-state index in [1.807, 2.05) is 24.3 Å². The minimum atomic E-state index is -2.96. The zero-order chi connectivity index (χ0) is 16.4. The second-order valence-corrected chi connectivity index (χ2v) is 8.93. The average molecular weight is 359 g/mol. The summed E-state index contributed by atoms with van der Waals surface area (Å²) >= 11 is 5.94. The third-order valence-electron chi connectivity index (χ3n) is 4.79. The Morgan fingerprint density at radius 2 is 1.74 bits per heavy atom. The fourth-order valence-electron chi connectivity index (χ4n) is 3.60. The van der Waals surface area contributed by atoms with Crippen molar-refractivity contribution in [1.82, 2.24) is 9.80 Å². The maximum Gasteiger partial charge on any atom is 0.153 e. The molecule has 0 aromatic heterocycles. The molecule has 1 aromatic carbocycles. The van der Waals surface area contributed by atoms with Crippen LogP contribution in [0.4, 0.5) is 0 Å². The molecule has 0 radical (unpaired) electrons. The Morgan fingerprint density at radius 3 is 2.39 bits per heavy atom. The first-order valence-corrected chi connectivity index (χ1v) is 10.1. The van der Waals surface area contributed by atoms with E-state index in [4.69, 9.17) is 16.3 Å². The van der Waals surface area contributed by atoms with Gasteiger partial charge in [0.05, 0.1) is 18.1 Å². The summed E-state index contributed by atoms with van der Waals surface area (Å²) in [6, 6.07) is 7.94. The predicted molar refractivity (Wildman–Crippen MR) is 91.5 cm³/mol. The highest BCUT2D eigenvalue weighted by molar-refractivity contribution is 7.91. The average Bonchev–Trinajstić information content (AvgIpc) is 2.84. The van der Waals surface area contributed by atoms with Crippen molar-refractivity contribution in [3.63, 3.8) is 0 Å². The number of rotatable bonds is 5. The zero-order valence-corrected chi connectivity index (χ0v) is 14.9. The van der Waals surface area contributed by atoms with Crippen molar-refractivity contribution >= 4 is 21.4 Å².